The van der Waals surface area contributed by atoms with E-state index < -0.39 is 0 Å². The van der Waals surface area contributed by atoms with E-state index in [1.54, 1.807) is 30.3 Å². The van der Waals surface area contributed by atoms with E-state index in [-0.39, 0.29) is 18.3 Å². The summed E-state index contributed by atoms with van der Waals surface area (Å²) in [6, 6.07) is 13.1. The molecule has 3 rings (SSSR count). The van der Waals surface area contributed by atoms with Gasteiger partial charge in [0.25, 0.3) is 5.91 Å². The Morgan fingerprint density at radius 3 is 2.58 bits per heavy atom. The van der Waals surface area contributed by atoms with Gasteiger partial charge in [0.15, 0.2) is 0 Å². The van der Waals surface area contributed by atoms with Crippen molar-refractivity contribution in [3.05, 3.63) is 53.1 Å². The van der Waals surface area contributed by atoms with Crippen LogP contribution in [0.2, 0.25) is 5.02 Å². The second kappa shape index (κ2) is 9.21. The normalized spacial score (nSPS) is 15.2. The molecule has 0 radical (unpaired) electrons. The van der Waals surface area contributed by atoms with E-state index in [1.165, 1.54) is 0 Å². The second-order valence-corrected chi connectivity index (χ2v) is 6.87. The van der Waals surface area contributed by atoms with Gasteiger partial charge in [-0.3, -0.25) is 4.79 Å². The Balaban J connectivity index is 0.00000243. The molecule has 1 fully saturated rings. The summed E-state index contributed by atoms with van der Waals surface area (Å²) in [4.78, 5) is 21.6. The molecule has 1 aromatic heterocycles. The molecule has 0 saturated carbocycles. The van der Waals surface area contributed by atoms with Gasteiger partial charge in [-0.25, -0.2) is 4.98 Å². The maximum Gasteiger partial charge on any atom is 0.258 e. The number of anilines is 2. The van der Waals surface area contributed by atoms with Crippen molar-refractivity contribution < 1.29 is 4.79 Å². The van der Waals surface area contributed by atoms with Gasteiger partial charge in [0.05, 0.1) is 10.6 Å². The lowest BCUT2D eigenvalue weighted by Crippen LogP contribution is -2.42. The first-order valence-electron chi connectivity index (χ1n) is 8.49. The molecule has 1 N–H and O–H groups in total. The molecule has 1 aliphatic rings. The number of carbonyl (C=O) groups is 1. The van der Waals surface area contributed by atoms with Crippen molar-refractivity contribution >= 4 is 41.6 Å². The van der Waals surface area contributed by atoms with Crippen LogP contribution in [0.5, 0.6) is 0 Å². The third kappa shape index (κ3) is 4.87. The summed E-state index contributed by atoms with van der Waals surface area (Å²) in [5.41, 5.74) is 0.444. The molecule has 2 aromatic rings. The van der Waals surface area contributed by atoms with Gasteiger partial charge in [-0.2, -0.15) is 0 Å². The smallest absolute Gasteiger partial charge is 0.258 e. The first-order chi connectivity index (χ1) is 12.0. The van der Waals surface area contributed by atoms with Gasteiger partial charge in [0.1, 0.15) is 11.6 Å². The topological polar surface area (TPSA) is 48.5 Å². The number of carbonyl (C=O) groups excluding carboxylic acids is 1. The number of likely N-dealkylation sites (tertiary alicyclic amines) is 1. The van der Waals surface area contributed by atoms with Gasteiger partial charge in [0.2, 0.25) is 0 Å². The molecule has 0 aliphatic carbocycles. The van der Waals surface area contributed by atoms with Crippen LogP contribution in [0.15, 0.2) is 42.5 Å². The number of amides is 1. The van der Waals surface area contributed by atoms with Crippen LogP contribution in [-0.4, -0.2) is 49.0 Å². The Labute approximate surface area is 165 Å². The lowest BCUT2D eigenvalue weighted by atomic mass is 10.0. The maximum atomic E-state index is 12.4. The Hall–Kier alpha value is -1.82. The van der Waals surface area contributed by atoms with Crippen LogP contribution >= 0.6 is 24.0 Å². The Kier molecular flexibility index (Phi) is 7.26. The zero-order chi connectivity index (χ0) is 17.8. The number of pyridine rings is 1. The zero-order valence-electron chi connectivity index (χ0n) is 15.0. The Morgan fingerprint density at radius 1 is 1.19 bits per heavy atom. The fourth-order valence-corrected chi connectivity index (χ4v) is 3.31. The minimum atomic E-state index is -0.253. The molecule has 2 heterocycles. The van der Waals surface area contributed by atoms with Gasteiger partial charge in [-0.1, -0.05) is 29.8 Å². The number of nitrogens with one attached hydrogen (secondary N) is 1. The minimum Gasteiger partial charge on any atom is -0.357 e. The van der Waals surface area contributed by atoms with E-state index in [0.29, 0.717) is 22.4 Å². The highest BCUT2D eigenvalue weighted by atomic mass is 35.5. The fraction of sp³-hybridized carbons (Fsp3) is 0.368. The molecule has 1 amide bonds. The van der Waals surface area contributed by atoms with Crippen molar-refractivity contribution in [1.29, 1.82) is 0 Å². The van der Waals surface area contributed by atoms with Crippen molar-refractivity contribution in [2.75, 3.05) is 37.4 Å². The van der Waals surface area contributed by atoms with Crippen LogP contribution in [0.3, 0.4) is 0 Å². The Bertz CT molecular complexity index is 748. The van der Waals surface area contributed by atoms with Crippen LogP contribution < -0.4 is 10.2 Å². The average molecular weight is 395 g/mol. The molecule has 0 bridgehead atoms. The highest BCUT2D eigenvalue weighted by Crippen LogP contribution is 2.22. The molecule has 0 atom stereocenters. The van der Waals surface area contributed by atoms with E-state index in [2.05, 4.69) is 34.2 Å². The summed E-state index contributed by atoms with van der Waals surface area (Å²) in [6.07, 6.45) is 2.23. The molecule has 1 aliphatic heterocycles. The average Bonchev–Trinajstić information content (AvgIpc) is 2.62. The summed E-state index contributed by atoms with van der Waals surface area (Å²) < 4.78 is 0. The molecule has 26 heavy (non-hydrogen) atoms. The predicted molar refractivity (Wildman–Crippen MR) is 110 cm³/mol. The number of aromatic nitrogens is 1. The quantitative estimate of drug-likeness (QED) is 0.852. The third-order valence-electron chi connectivity index (χ3n) is 4.69. The molecule has 1 saturated heterocycles. The monoisotopic (exact) mass is 394 g/mol. The first-order valence-corrected chi connectivity index (χ1v) is 8.86. The van der Waals surface area contributed by atoms with Gasteiger partial charge < -0.3 is 15.1 Å². The molecule has 5 nitrogen and oxygen atoms in total. The number of rotatable bonds is 4. The highest BCUT2D eigenvalue weighted by molar-refractivity contribution is 6.34. The van der Waals surface area contributed by atoms with E-state index in [1.807, 2.05) is 12.1 Å². The lowest BCUT2D eigenvalue weighted by Gasteiger charge is -2.35. The minimum absolute atomic E-state index is 0. The fourth-order valence-electron chi connectivity index (χ4n) is 3.09. The largest absolute Gasteiger partial charge is 0.357 e. The van der Waals surface area contributed by atoms with E-state index in [0.717, 1.165) is 31.7 Å². The molecular weight excluding hydrogens is 371 g/mol. The standard InChI is InChI=1S/C19H23ClN4O.ClH/c1-23-12-10-14(11-13-23)24(2)18-9-5-8-17(21-18)22-19(25)15-6-3-4-7-16(15)20;/h3-9,14H,10-13H2,1-2H3,(H,21,22,25);1H. The van der Waals surface area contributed by atoms with E-state index in [9.17, 15) is 4.79 Å². The van der Waals surface area contributed by atoms with Crippen LogP contribution in [0, 0.1) is 0 Å². The van der Waals surface area contributed by atoms with Gasteiger partial charge in [-0.05, 0) is 57.2 Å². The van der Waals surface area contributed by atoms with E-state index in [4.69, 9.17) is 11.6 Å². The van der Waals surface area contributed by atoms with Crippen LogP contribution in [0.25, 0.3) is 0 Å². The molecule has 1 aromatic carbocycles. The molecule has 0 spiro atoms. The number of benzene rings is 1. The summed E-state index contributed by atoms with van der Waals surface area (Å²) in [5.74, 6) is 1.14. The first kappa shape index (κ1) is 20.5. The zero-order valence-corrected chi connectivity index (χ0v) is 16.6. The van der Waals surface area contributed by atoms with Gasteiger partial charge in [-0.15, -0.1) is 12.4 Å². The summed E-state index contributed by atoms with van der Waals surface area (Å²) in [5, 5.41) is 3.27. The lowest BCUT2D eigenvalue weighted by molar-refractivity contribution is 0.102. The van der Waals surface area contributed by atoms with E-state index >= 15 is 0 Å². The van der Waals surface area contributed by atoms with Crippen molar-refractivity contribution in [3.8, 4) is 0 Å². The van der Waals surface area contributed by atoms with Crippen LogP contribution in [0.4, 0.5) is 11.6 Å². The SMILES string of the molecule is CN1CCC(N(C)c2cccc(NC(=O)c3ccccc3Cl)n2)CC1.Cl. The number of hydrogen-bond donors (Lipinski definition) is 1. The number of nitrogens with zero attached hydrogens (tertiary/aromatic N) is 3. The summed E-state index contributed by atoms with van der Waals surface area (Å²) in [7, 11) is 4.22. The molecule has 7 heteroatoms. The Morgan fingerprint density at radius 2 is 1.88 bits per heavy atom. The predicted octanol–water partition coefficient (Wildman–Crippen LogP) is 3.94. The third-order valence-corrected chi connectivity index (χ3v) is 5.02. The van der Waals surface area contributed by atoms with Crippen molar-refractivity contribution in [1.82, 2.24) is 9.88 Å². The van der Waals surface area contributed by atoms with Gasteiger partial charge >= 0.3 is 0 Å². The van der Waals surface area contributed by atoms with Crippen LogP contribution in [-0.2, 0) is 0 Å². The number of piperidine rings is 1. The summed E-state index contributed by atoms with van der Waals surface area (Å²) >= 11 is 6.09. The van der Waals surface area contributed by atoms with Crippen molar-refractivity contribution in [3.63, 3.8) is 0 Å². The number of hydrogen-bond acceptors (Lipinski definition) is 4. The highest BCUT2D eigenvalue weighted by Gasteiger charge is 2.21. The summed E-state index contributed by atoms with van der Waals surface area (Å²) in [6.45, 7) is 2.19. The van der Waals surface area contributed by atoms with Crippen molar-refractivity contribution in [2.45, 2.75) is 18.9 Å². The molecule has 140 valence electrons. The van der Waals surface area contributed by atoms with Gasteiger partial charge in [0, 0.05) is 13.1 Å². The molecule has 0 unspecified atom stereocenters. The molecular formula is C19H24Cl2N4O. The second-order valence-electron chi connectivity index (χ2n) is 6.46. The maximum absolute atomic E-state index is 12.4. The van der Waals surface area contributed by atoms with Crippen LogP contribution in [0.1, 0.15) is 23.2 Å². The van der Waals surface area contributed by atoms with Crippen molar-refractivity contribution in [2.24, 2.45) is 0 Å². The number of halogens is 2.